The molecule has 18 heavy (non-hydrogen) atoms. The van der Waals surface area contributed by atoms with E-state index in [4.69, 9.17) is 23.2 Å². The van der Waals surface area contributed by atoms with Crippen LogP contribution in [0.2, 0.25) is 10.3 Å². The number of carbonyl (C=O) groups excluding carboxylic acids is 1. The summed E-state index contributed by atoms with van der Waals surface area (Å²) in [5.74, 6) is 0.118. The summed E-state index contributed by atoms with van der Waals surface area (Å²) in [6.07, 6.45) is 1.67. The van der Waals surface area contributed by atoms with Crippen molar-refractivity contribution in [2.75, 3.05) is 6.54 Å². The Balaban J connectivity index is 1.93. The second-order valence-electron chi connectivity index (χ2n) is 3.22. The van der Waals surface area contributed by atoms with Crippen LogP contribution in [0.3, 0.4) is 0 Å². The summed E-state index contributed by atoms with van der Waals surface area (Å²) < 4.78 is 4.56. The summed E-state index contributed by atoms with van der Waals surface area (Å²) in [6.45, 7) is 0.342. The first-order valence-electron chi connectivity index (χ1n) is 4.89. The van der Waals surface area contributed by atoms with Crippen LogP contribution in [0.1, 0.15) is 16.2 Å². The number of halogens is 2. The molecule has 9 heteroatoms. The number of nitrogens with one attached hydrogen (secondary N) is 1. The lowest BCUT2D eigenvalue weighted by Crippen LogP contribution is -2.26. The first-order valence-corrected chi connectivity index (χ1v) is 5.64. The number of hydrogen-bond acceptors (Lipinski definition) is 6. The molecular weight excluding hydrogens is 281 g/mol. The van der Waals surface area contributed by atoms with Gasteiger partial charge in [0, 0.05) is 13.0 Å². The van der Waals surface area contributed by atoms with Crippen LogP contribution in [-0.4, -0.2) is 32.8 Å². The molecule has 0 fully saturated rings. The predicted molar refractivity (Wildman–Crippen MR) is 62.4 cm³/mol. The van der Waals surface area contributed by atoms with Crippen LogP contribution in [0, 0.1) is 0 Å². The molecule has 2 heterocycles. The number of rotatable bonds is 4. The molecule has 0 atom stereocenters. The third-order valence-corrected chi connectivity index (χ3v) is 2.47. The summed E-state index contributed by atoms with van der Waals surface area (Å²) in [7, 11) is 0. The fourth-order valence-electron chi connectivity index (χ4n) is 1.20. The Morgan fingerprint density at radius 2 is 2.22 bits per heavy atom. The van der Waals surface area contributed by atoms with E-state index < -0.39 is 0 Å². The van der Waals surface area contributed by atoms with E-state index in [9.17, 15) is 4.79 Å². The molecule has 94 valence electrons. The number of hydrogen-bond donors (Lipinski definition) is 1. The lowest BCUT2D eigenvalue weighted by atomic mass is 10.3. The number of carbonyl (C=O) groups is 1. The van der Waals surface area contributed by atoms with Gasteiger partial charge < -0.3 is 9.84 Å². The van der Waals surface area contributed by atoms with E-state index >= 15 is 0 Å². The molecule has 0 saturated carbocycles. The van der Waals surface area contributed by atoms with Crippen molar-refractivity contribution in [3.8, 4) is 0 Å². The van der Waals surface area contributed by atoms with Crippen LogP contribution in [0.15, 0.2) is 17.0 Å². The van der Waals surface area contributed by atoms with Crippen molar-refractivity contribution in [3.05, 3.63) is 34.2 Å². The maximum absolute atomic E-state index is 11.8. The Morgan fingerprint density at radius 1 is 1.39 bits per heavy atom. The highest BCUT2D eigenvalue weighted by atomic mass is 35.5. The highest BCUT2D eigenvalue weighted by molar-refractivity contribution is 6.34. The van der Waals surface area contributed by atoms with Crippen LogP contribution in [0.25, 0.3) is 0 Å². The normalized spacial score (nSPS) is 10.3. The zero-order valence-corrected chi connectivity index (χ0v) is 10.4. The molecule has 1 N–H and O–H groups in total. The van der Waals surface area contributed by atoms with Gasteiger partial charge in [-0.25, -0.2) is 0 Å². The van der Waals surface area contributed by atoms with Crippen LogP contribution < -0.4 is 5.32 Å². The highest BCUT2D eigenvalue weighted by Crippen LogP contribution is 2.14. The standard InChI is InChI=1S/C9H7Cl2N5O2/c10-6-3-5(8(11)15-14-6)9(17)12-2-1-7-13-4-18-16-7/h3-4H,1-2H2,(H,12,17). The van der Waals surface area contributed by atoms with Gasteiger partial charge in [-0.3, -0.25) is 4.79 Å². The maximum atomic E-state index is 11.8. The molecule has 2 aromatic rings. The van der Waals surface area contributed by atoms with Gasteiger partial charge in [0.15, 0.2) is 16.1 Å². The quantitative estimate of drug-likeness (QED) is 0.906. The van der Waals surface area contributed by atoms with E-state index in [0.717, 1.165) is 0 Å². The molecule has 2 rings (SSSR count). The lowest BCUT2D eigenvalue weighted by molar-refractivity contribution is 0.0953. The zero-order chi connectivity index (χ0) is 13.0. The molecule has 7 nitrogen and oxygen atoms in total. The minimum atomic E-state index is -0.389. The van der Waals surface area contributed by atoms with E-state index in [-0.39, 0.29) is 21.8 Å². The summed E-state index contributed by atoms with van der Waals surface area (Å²) in [6, 6.07) is 1.35. The van der Waals surface area contributed by atoms with Crippen molar-refractivity contribution in [1.82, 2.24) is 25.7 Å². The van der Waals surface area contributed by atoms with E-state index in [2.05, 4.69) is 30.2 Å². The van der Waals surface area contributed by atoms with Gasteiger partial charge in [0.2, 0.25) is 6.39 Å². The van der Waals surface area contributed by atoms with Gasteiger partial charge in [-0.1, -0.05) is 28.4 Å². The molecule has 0 unspecified atom stereocenters. The van der Waals surface area contributed by atoms with Gasteiger partial charge in [0.25, 0.3) is 5.91 Å². The van der Waals surface area contributed by atoms with Crippen LogP contribution in [0.5, 0.6) is 0 Å². The van der Waals surface area contributed by atoms with E-state index in [1.165, 1.54) is 12.5 Å². The zero-order valence-electron chi connectivity index (χ0n) is 8.93. The fourth-order valence-corrected chi connectivity index (χ4v) is 1.52. The number of amides is 1. The van der Waals surface area contributed by atoms with Gasteiger partial charge in [-0.2, -0.15) is 4.98 Å². The molecule has 2 aromatic heterocycles. The van der Waals surface area contributed by atoms with E-state index in [0.29, 0.717) is 18.8 Å². The molecule has 0 aliphatic carbocycles. The molecule has 0 bridgehead atoms. The molecule has 0 radical (unpaired) electrons. The van der Waals surface area contributed by atoms with E-state index in [1.807, 2.05) is 0 Å². The summed E-state index contributed by atoms with van der Waals surface area (Å²) in [4.78, 5) is 15.6. The lowest BCUT2D eigenvalue weighted by Gasteiger charge is -2.04. The first-order chi connectivity index (χ1) is 8.66. The fraction of sp³-hybridized carbons (Fsp3) is 0.222. The Morgan fingerprint density at radius 3 is 2.94 bits per heavy atom. The third kappa shape index (κ3) is 3.14. The Labute approximate surface area is 111 Å². The maximum Gasteiger partial charge on any atom is 0.254 e. The Bertz CT molecular complexity index is 546. The molecule has 0 saturated heterocycles. The largest absolute Gasteiger partial charge is 0.351 e. The smallest absolute Gasteiger partial charge is 0.254 e. The SMILES string of the molecule is O=C(NCCc1ncon1)c1cc(Cl)nnc1Cl. The van der Waals surface area contributed by atoms with Gasteiger partial charge in [0.05, 0.1) is 5.56 Å². The van der Waals surface area contributed by atoms with Crippen molar-refractivity contribution >= 4 is 29.1 Å². The van der Waals surface area contributed by atoms with E-state index in [1.54, 1.807) is 0 Å². The van der Waals surface area contributed by atoms with Crippen molar-refractivity contribution in [2.24, 2.45) is 0 Å². The summed E-state index contributed by atoms with van der Waals surface area (Å²) in [5, 5.41) is 13.4. The van der Waals surface area contributed by atoms with Gasteiger partial charge in [0.1, 0.15) is 0 Å². The Hall–Kier alpha value is -1.73. The average molecular weight is 288 g/mol. The van der Waals surface area contributed by atoms with Crippen molar-refractivity contribution in [3.63, 3.8) is 0 Å². The topological polar surface area (TPSA) is 93.8 Å². The average Bonchev–Trinajstić information content (AvgIpc) is 2.85. The summed E-state index contributed by atoms with van der Waals surface area (Å²) in [5.41, 5.74) is 0.171. The van der Waals surface area contributed by atoms with Crippen LogP contribution in [-0.2, 0) is 6.42 Å². The van der Waals surface area contributed by atoms with Crippen LogP contribution >= 0.6 is 23.2 Å². The van der Waals surface area contributed by atoms with Gasteiger partial charge in [-0.15, -0.1) is 10.2 Å². The van der Waals surface area contributed by atoms with Crippen molar-refractivity contribution in [2.45, 2.75) is 6.42 Å². The van der Waals surface area contributed by atoms with Gasteiger partial charge >= 0.3 is 0 Å². The van der Waals surface area contributed by atoms with Crippen LogP contribution in [0.4, 0.5) is 0 Å². The minimum Gasteiger partial charge on any atom is -0.351 e. The first kappa shape index (κ1) is 12.7. The summed E-state index contributed by atoms with van der Waals surface area (Å²) >= 11 is 11.4. The second kappa shape index (κ2) is 5.74. The highest BCUT2D eigenvalue weighted by Gasteiger charge is 2.12. The molecule has 0 spiro atoms. The molecule has 1 amide bonds. The van der Waals surface area contributed by atoms with Gasteiger partial charge in [-0.05, 0) is 6.07 Å². The Kier molecular flexibility index (Phi) is 4.06. The molecule has 0 aromatic carbocycles. The number of nitrogens with zero attached hydrogens (tertiary/aromatic N) is 4. The van der Waals surface area contributed by atoms with Crippen molar-refractivity contribution < 1.29 is 9.32 Å². The minimum absolute atomic E-state index is 0.00328. The predicted octanol–water partition coefficient (Wildman–Crippen LogP) is 1.14. The van der Waals surface area contributed by atoms with Crippen molar-refractivity contribution in [1.29, 1.82) is 0 Å². The monoisotopic (exact) mass is 287 g/mol. The molecular formula is C9H7Cl2N5O2. The molecule has 0 aliphatic rings. The second-order valence-corrected chi connectivity index (χ2v) is 3.97. The molecule has 0 aliphatic heterocycles. The number of aromatic nitrogens is 4. The third-order valence-electron chi connectivity index (χ3n) is 2.00.